The Morgan fingerprint density at radius 3 is 2.46 bits per heavy atom. The number of nitrogens with two attached hydrogens (primary N) is 1. The van der Waals surface area contributed by atoms with E-state index in [1.165, 1.54) is 0 Å². The molecule has 0 aliphatic rings. The number of nitrogens with one attached hydrogen (secondary N) is 1. The predicted molar refractivity (Wildman–Crippen MR) is 45.5 cm³/mol. The highest BCUT2D eigenvalue weighted by Gasteiger charge is 2.06. The van der Waals surface area contributed by atoms with Gasteiger partial charge in [-0.1, -0.05) is 6.92 Å². The van der Waals surface area contributed by atoms with E-state index >= 15 is 0 Å². The van der Waals surface area contributed by atoms with Crippen LogP contribution in [0.15, 0.2) is 11.4 Å². The van der Waals surface area contributed by atoms with Gasteiger partial charge in [0.15, 0.2) is 5.70 Å². The molecule has 0 unspecified atom stereocenters. The molecule has 0 spiro atoms. The van der Waals surface area contributed by atoms with Crippen molar-refractivity contribution in [1.29, 1.82) is 10.5 Å². The Kier molecular flexibility index (Phi) is 4.75. The molecule has 0 fully saturated rings. The van der Waals surface area contributed by atoms with Gasteiger partial charge in [0.1, 0.15) is 17.8 Å². The lowest BCUT2D eigenvalue weighted by Gasteiger charge is -2.01. The van der Waals surface area contributed by atoms with Gasteiger partial charge in [-0.3, -0.25) is 4.79 Å². The molecule has 1 amide bonds. The molecule has 0 aromatic rings. The van der Waals surface area contributed by atoms with E-state index in [0.717, 1.165) is 0 Å². The summed E-state index contributed by atoms with van der Waals surface area (Å²) >= 11 is 0. The molecule has 0 aromatic heterocycles. The highest BCUT2D eigenvalue weighted by atomic mass is 16.1. The van der Waals surface area contributed by atoms with Crippen LogP contribution >= 0.6 is 0 Å². The van der Waals surface area contributed by atoms with Crippen LogP contribution in [-0.2, 0) is 4.79 Å². The molecular weight excluding hydrogens is 168 g/mol. The van der Waals surface area contributed by atoms with Crippen LogP contribution in [-0.4, -0.2) is 5.91 Å². The Morgan fingerprint density at radius 2 is 2.08 bits per heavy atom. The maximum absolute atomic E-state index is 11.0. The van der Waals surface area contributed by atoms with E-state index in [0.29, 0.717) is 12.8 Å². The van der Waals surface area contributed by atoms with Gasteiger partial charge in [-0.05, 0) is 6.42 Å². The lowest BCUT2D eigenvalue weighted by molar-refractivity contribution is -0.120. The number of hydrogen-bond acceptors (Lipinski definition) is 4. The lowest BCUT2D eigenvalue weighted by Crippen LogP contribution is -2.24. The van der Waals surface area contributed by atoms with Crippen LogP contribution in [0.25, 0.3) is 0 Å². The van der Waals surface area contributed by atoms with Crippen molar-refractivity contribution in [2.75, 3.05) is 0 Å². The smallest absolute Gasteiger partial charge is 0.224 e. The van der Waals surface area contributed by atoms with Gasteiger partial charge >= 0.3 is 0 Å². The van der Waals surface area contributed by atoms with Crippen LogP contribution < -0.4 is 11.1 Å². The summed E-state index contributed by atoms with van der Waals surface area (Å²) in [5.41, 5.74) is 4.70. The first-order valence-electron chi connectivity index (χ1n) is 3.75. The van der Waals surface area contributed by atoms with Crippen molar-refractivity contribution >= 4 is 5.91 Å². The van der Waals surface area contributed by atoms with Crippen LogP contribution in [0, 0.1) is 22.7 Å². The molecular formula is C8H10N4O. The van der Waals surface area contributed by atoms with Crippen molar-refractivity contribution < 1.29 is 4.79 Å². The SMILES string of the molecule is CCCC(=O)NC(C#N)=C(N)C#N. The summed E-state index contributed by atoms with van der Waals surface area (Å²) in [7, 11) is 0. The molecule has 0 aliphatic carbocycles. The largest absolute Gasteiger partial charge is 0.388 e. The standard InChI is InChI=1S/C8H10N4O/c1-2-3-8(13)12-7(5-10)6(11)4-9/h2-3,11H2,1H3,(H,12,13). The number of allylic oxidation sites excluding steroid dienone is 2. The Bertz CT molecular complexity index is 305. The minimum absolute atomic E-state index is 0.180. The third kappa shape index (κ3) is 3.78. The molecule has 0 radical (unpaired) electrons. The highest BCUT2D eigenvalue weighted by molar-refractivity contribution is 5.78. The number of nitriles is 2. The number of hydrogen-bond donors (Lipinski definition) is 2. The van der Waals surface area contributed by atoms with Gasteiger partial charge in [0.2, 0.25) is 5.91 Å². The molecule has 3 N–H and O–H groups in total. The molecule has 0 heterocycles. The number of rotatable bonds is 3. The summed E-state index contributed by atoms with van der Waals surface area (Å²) in [5, 5.41) is 19.1. The summed E-state index contributed by atoms with van der Waals surface area (Å²) in [5.74, 6) is -0.308. The zero-order valence-electron chi connectivity index (χ0n) is 7.29. The fourth-order valence-electron chi connectivity index (χ4n) is 0.640. The van der Waals surface area contributed by atoms with Gasteiger partial charge in [-0.2, -0.15) is 10.5 Å². The topological polar surface area (TPSA) is 103 Å². The van der Waals surface area contributed by atoms with Crippen LogP contribution in [0.3, 0.4) is 0 Å². The van der Waals surface area contributed by atoms with Gasteiger partial charge in [0, 0.05) is 6.42 Å². The number of nitrogens with zero attached hydrogens (tertiary/aromatic N) is 2. The van der Waals surface area contributed by atoms with Crippen LogP contribution in [0.5, 0.6) is 0 Å². The fourth-order valence-corrected chi connectivity index (χ4v) is 0.640. The number of carbonyl (C=O) groups excluding carboxylic acids is 1. The first-order valence-corrected chi connectivity index (χ1v) is 3.75. The Morgan fingerprint density at radius 1 is 1.46 bits per heavy atom. The quantitative estimate of drug-likeness (QED) is 0.599. The second-order valence-electron chi connectivity index (χ2n) is 2.31. The summed E-state index contributed by atoms with van der Waals surface area (Å²) in [4.78, 5) is 11.0. The van der Waals surface area contributed by atoms with Gasteiger partial charge in [0.25, 0.3) is 0 Å². The molecule has 5 heteroatoms. The van der Waals surface area contributed by atoms with Crippen LogP contribution in [0.2, 0.25) is 0 Å². The molecule has 5 nitrogen and oxygen atoms in total. The van der Waals surface area contributed by atoms with E-state index in [1.807, 2.05) is 6.92 Å². The third-order valence-corrected chi connectivity index (χ3v) is 1.24. The maximum atomic E-state index is 11.0. The molecule has 0 aromatic carbocycles. The van der Waals surface area contributed by atoms with Crippen LogP contribution in [0.1, 0.15) is 19.8 Å². The third-order valence-electron chi connectivity index (χ3n) is 1.24. The van der Waals surface area contributed by atoms with Gasteiger partial charge in [0.05, 0.1) is 0 Å². The van der Waals surface area contributed by atoms with Gasteiger partial charge < -0.3 is 11.1 Å². The van der Waals surface area contributed by atoms with E-state index in [2.05, 4.69) is 5.32 Å². The van der Waals surface area contributed by atoms with E-state index < -0.39 is 0 Å². The fraction of sp³-hybridized carbons (Fsp3) is 0.375. The molecule has 0 atom stereocenters. The van der Waals surface area contributed by atoms with Crippen LogP contribution in [0.4, 0.5) is 0 Å². The first-order chi connectivity index (χ1) is 6.15. The molecule has 0 saturated heterocycles. The first kappa shape index (κ1) is 11.0. The summed E-state index contributed by atoms with van der Waals surface area (Å²) in [6, 6.07) is 3.23. The number of carbonyl (C=O) groups is 1. The predicted octanol–water partition coefficient (Wildman–Crippen LogP) is 0.120. The van der Waals surface area contributed by atoms with Gasteiger partial charge in [-0.15, -0.1) is 0 Å². The highest BCUT2D eigenvalue weighted by Crippen LogP contribution is 1.94. The van der Waals surface area contributed by atoms with E-state index in [4.69, 9.17) is 16.3 Å². The molecule has 0 aliphatic heterocycles. The molecule has 0 rings (SSSR count). The Labute approximate surface area is 76.4 Å². The van der Waals surface area contributed by atoms with E-state index in [9.17, 15) is 4.79 Å². The zero-order valence-corrected chi connectivity index (χ0v) is 7.29. The average Bonchev–Trinajstić information content (AvgIpc) is 2.13. The molecule has 68 valence electrons. The van der Waals surface area contributed by atoms with Crippen molar-refractivity contribution in [2.45, 2.75) is 19.8 Å². The second-order valence-corrected chi connectivity index (χ2v) is 2.31. The van der Waals surface area contributed by atoms with Crippen molar-refractivity contribution in [3.8, 4) is 12.1 Å². The Balaban J connectivity index is 4.44. The molecule has 13 heavy (non-hydrogen) atoms. The average molecular weight is 178 g/mol. The monoisotopic (exact) mass is 178 g/mol. The van der Waals surface area contributed by atoms with E-state index in [-0.39, 0.29) is 17.3 Å². The molecule has 0 bridgehead atoms. The summed E-state index contributed by atoms with van der Waals surface area (Å²) < 4.78 is 0. The van der Waals surface area contributed by atoms with Crippen molar-refractivity contribution in [3.63, 3.8) is 0 Å². The van der Waals surface area contributed by atoms with Crippen molar-refractivity contribution in [3.05, 3.63) is 11.4 Å². The minimum atomic E-state index is -0.308. The van der Waals surface area contributed by atoms with Crippen molar-refractivity contribution in [2.24, 2.45) is 5.73 Å². The minimum Gasteiger partial charge on any atom is -0.388 e. The number of amides is 1. The van der Waals surface area contributed by atoms with Crippen molar-refractivity contribution in [1.82, 2.24) is 5.32 Å². The maximum Gasteiger partial charge on any atom is 0.224 e. The summed E-state index contributed by atoms with van der Waals surface area (Å²) in [6.07, 6.45) is 0.987. The van der Waals surface area contributed by atoms with Gasteiger partial charge in [-0.25, -0.2) is 0 Å². The summed E-state index contributed by atoms with van der Waals surface area (Å²) in [6.45, 7) is 1.84. The lowest BCUT2D eigenvalue weighted by atomic mass is 10.3. The Hall–Kier alpha value is -2.01. The second kappa shape index (κ2) is 5.62. The zero-order chi connectivity index (χ0) is 10.3. The molecule has 0 saturated carbocycles. The van der Waals surface area contributed by atoms with E-state index in [1.54, 1.807) is 12.1 Å². The normalized spacial score (nSPS) is 10.7.